The van der Waals surface area contributed by atoms with Crippen LogP contribution in [0.3, 0.4) is 0 Å². The fourth-order valence-electron chi connectivity index (χ4n) is 2.93. The maximum absolute atomic E-state index is 12.2. The van der Waals surface area contributed by atoms with Crippen molar-refractivity contribution in [2.75, 3.05) is 13.2 Å². The van der Waals surface area contributed by atoms with Gasteiger partial charge in [-0.3, -0.25) is 15.2 Å². The van der Waals surface area contributed by atoms with E-state index in [2.05, 4.69) is 31.5 Å². The second-order valence-electron chi connectivity index (χ2n) is 6.16. The molecule has 0 aromatic carbocycles. The number of alkyl halides is 1. The Morgan fingerprint density at radius 3 is 3.20 bits per heavy atom. The van der Waals surface area contributed by atoms with E-state index in [1.165, 1.54) is 5.57 Å². The molecule has 0 radical (unpaired) electrons. The van der Waals surface area contributed by atoms with Gasteiger partial charge in [0, 0.05) is 43.5 Å². The topological polar surface area (TPSA) is 71.3 Å². The van der Waals surface area contributed by atoms with E-state index in [0.29, 0.717) is 6.54 Å². The van der Waals surface area contributed by atoms with Crippen molar-refractivity contribution in [2.45, 2.75) is 32.7 Å². The molecule has 2 N–H and O–H groups in total. The molecule has 1 aliphatic heterocycles. The second kappa shape index (κ2) is 7.92. The number of amides is 1. The van der Waals surface area contributed by atoms with Crippen molar-refractivity contribution in [3.63, 3.8) is 0 Å². The Labute approximate surface area is 145 Å². The van der Waals surface area contributed by atoms with Crippen LogP contribution >= 0.6 is 0 Å². The highest BCUT2D eigenvalue weighted by Gasteiger charge is 2.14. The lowest BCUT2D eigenvalue weighted by Crippen LogP contribution is -2.27. The van der Waals surface area contributed by atoms with E-state index in [-0.39, 0.29) is 18.9 Å². The van der Waals surface area contributed by atoms with Crippen molar-refractivity contribution >= 4 is 23.2 Å². The zero-order valence-corrected chi connectivity index (χ0v) is 14.3. The van der Waals surface area contributed by atoms with Crippen LogP contribution in [-0.4, -0.2) is 34.9 Å². The number of pyridine rings is 1. The maximum Gasteiger partial charge on any atom is 0.224 e. The molecule has 0 atom stereocenters. The summed E-state index contributed by atoms with van der Waals surface area (Å²) in [6, 6.07) is 2.08. The minimum Gasteiger partial charge on any atom is -0.353 e. The first-order valence-corrected chi connectivity index (χ1v) is 8.39. The number of hydrogen-bond acceptors (Lipinski definition) is 4. The molecule has 3 heterocycles. The third kappa shape index (κ3) is 4.23. The predicted molar refractivity (Wildman–Crippen MR) is 96.1 cm³/mol. The third-order valence-corrected chi connectivity index (χ3v) is 4.10. The molecule has 0 saturated heterocycles. The number of halogens is 1. The van der Waals surface area contributed by atoms with Crippen molar-refractivity contribution in [1.82, 2.24) is 20.3 Å². The molecular weight excluding hydrogens is 321 g/mol. The van der Waals surface area contributed by atoms with E-state index in [1.807, 2.05) is 25.5 Å². The number of fused-ring (bicyclic) bond motifs is 1. The summed E-state index contributed by atoms with van der Waals surface area (Å²) >= 11 is 0. The third-order valence-electron chi connectivity index (χ3n) is 4.10. The Morgan fingerprint density at radius 2 is 2.36 bits per heavy atom. The van der Waals surface area contributed by atoms with Crippen LogP contribution in [0.25, 0.3) is 11.0 Å². The number of nitrogens with one attached hydrogen (secondary N) is 2. The molecule has 1 aliphatic rings. The highest BCUT2D eigenvalue weighted by Crippen LogP contribution is 2.23. The molecule has 0 spiro atoms. The molecule has 7 heteroatoms. The Morgan fingerprint density at radius 1 is 1.48 bits per heavy atom. The van der Waals surface area contributed by atoms with Crippen LogP contribution in [0.4, 0.5) is 4.39 Å². The molecule has 25 heavy (non-hydrogen) atoms. The molecule has 132 valence electrons. The summed E-state index contributed by atoms with van der Waals surface area (Å²) in [5, 5.41) is 6.62. The van der Waals surface area contributed by atoms with Gasteiger partial charge in [-0.2, -0.15) is 5.10 Å². The zero-order chi connectivity index (χ0) is 17.6. The number of allylic oxidation sites excluding steroid dienone is 1. The number of carbonyl (C=O) groups is 1. The number of rotatable bonds is 6. The minimum atomic E-state index is -0.561. The van der Waals surface area contributed by atoms with Gasteiger partial charge >= 0.3 is 0 Å². The summed E-state index contributed by atoms with van der Waals surface area (Å²) < 4.78 is 14.4. The van der Waals surface area contributed by atoms with Crippen molar-refractivity contribution in [2.24, 2.45) is 5.10 Å². The van der Waals surface area contributed by atoms with Crippen molar-refractivity contribution < 1.29 is 9.18 Å². The second-order valence-corrected chi connectivity index (χ2v) is 6.16. The molecule has 0 unspecified atom stereocenters. The van der Waals surface area contributed by atoms with Gasteiger partial charge in [-0.1, -0.05) is 0 Å². The molecular formula is C18H22FN5O. The Kier molecular flexibility index (Phi) is 5.42. The number of hydrogen-bond donors (Lipinski definition) is 2. The van der Waals surface area contributed by atoms with Crippen LogP contribution in [0, 0.1) is 6.92 Å². The highest BCUT2D eigenvalue weighted by atomic mass is 19.1. The Bertz CT molecular complexity index is 824. The first-order valence-electron chi connectivity index (χ1n) is 8.39. The number of carbonyl (C=O) groups excluding carboxylic acids is 1. The van der Waals surface area contributed by atoms with E-state index in [4.69, 9.17) is 0 Å². The Hall–Kier alpha value is -2.70. The van der Waals surface area contributed by atoms with Gasteiger partial charge in [-0.05, 0) is 37.0 Å². The van der Waals surface area contributed by atoms with Crippen LogP contribution in [0.1, 0.15) is 24.0 Å². The summed E-state index contributed by atoms with van der Waals surface area (Å²) in [5.41, 5.74) is 7.88. The molecule has 0 aliphatic carbocycles. The van der Waals surface area contributed by atoms with Gasteiger partial charge < -0.3 is 9.88 Å². The van der Waals surface area contributed by atoms with E-state index in [0.717, 1.165) is 35.0 Å². The van der Waals surface area contributed by atoms with Gasteiger partial charge in [0.05, 0.1) is 17.5 Å². The summed E-state index contributed by atoms with van der Waals surface area (Å²) in [6.45, 7) is 2.19. The lowest BCUT2D eigenvalue weighted by molar-refractivity contribution is -0.120. The molecule has 2 aromatic heterocycles. The monoisotopic (exact) mass is 343 g/mol. The number of nitrogens with zero attached hydrogens (tertiary/aromatic N) is 3. The fourth-order valence-corrected chi connectivity index (χ4v) is 2.93. The van der Waals surface area contributed by atoms with Crippen molar-refractivity contribution in [3.8, 4) is 0 Å². The van der Waals surface area contributed by atoms with Gasteiger partial charge in [0.2, 0.25) is 5.91 Å². The molecule has 0 saturated carbocycles. The van der Waals surface area contributed by atoms with E-state index < -0.39 is 6.67 Å². The molecule has 2 aromatic rings. The van der Waals surface area contributed by atoms with E-state index in [9.17, 15) is 9.18 Å². The van der Waals surface area contributed by atoms with Gasteiger partial charge in [-0.15, -0.1) is 0 Å². The summed E-state index contributed by atoms with van der Waals surface area (Å²) in [5.74, 6) is -0.192. The highest BCUT2D eigenvalue weighted by molar-refractivity contribution is 5.87. The Balaban J connectivity index is 1.88. The number of aromatic nitrogens is 2. The zero-order valence-electron chi connectivity index (χ0n) is 14.3. The standard InChI is InChI=1S/C18H22FN5O/c1-13-7-16-18(21-9-13)15(8-17(25)20-6-4-19)12-24(16)11-14-3-2-5-22-23-10-14/h5,7,9-10,12,23H,2-4,6,8,11H2,1H3,(H,20,25). The molecule has 3 rings (SSSR count). The average Bonchev–Trinajstić information content (AvgIpc) is 2.77. The van der Waals surface area contributed by atoms with Crippen LogP contribution in [0.2, 0.25) is 0 Å². The molecule has 1 amide bonds. The lowest BCUT2D eigenvalue weighted by atomic mass is 10.1. The van der Waals surface area contributed by atoms with Crippen molar-refractivity contribution in [3.05, 3.63) is 41.4 Å². The quantitative estimate of drug-likeness (QED) is 0.845. The average molecular weight is 343 g/mol. The van der Waals surface area contributed by atoms with Gasteiger partial charge in [0.15, 0.2) is 0 Å². The molecule has 0 fully saturated rings. The number of aryl methyl sites for hydroxylation is 1. The first kappa shape index (κ1) is 17.1. The molecule has 0 bridgehead atoms. The van der Waals surface area contributed by atoms with Gasteiger partial charge in [-0.25, -0.2) is 4.39 Å². The van der Waals surface area contributed by atoms with Crippen molar-refractivity contribution in [1.29, 1.82) is 0 Å². The number of hydrazone groups is 1. The van der Waals surface area contributed by atoms with Crippen LogP contribution in [0.15, 0.2) is 35.3 Å². The predicted octanol–water partition coefficient (Wildman–Crippen LogP) is 2.23. The largest absolute Gasteiger partial charge is 0.353 e. The normalized spacial score (nSPS) is 14.1. The van der Waals surface area contributed by atoms with Gasteiger partial charge in [0.25, 0.3) is 0 Å². The molecule has 6 nitrogen and oxygen atoms in total. The maximum atomic E-state index is 12.2. The van der Waals surface area contributed by atoms with E-state index in [1.54, 1.807) is 6.20 Å². The van der Waals surface area contributed by atoms with Gasteiger partial charge in [0.1, 0.15) is 6.67 Å². The minimum absolute atomic E-state index is 0.0442. The summed E-state index contributed by atoms with van der Waals surface area (Å²) in [4.78, 5) is 16.5. The van der Waals surface area contributed by atoms with E-state index >= 15 is 0 Å². The van der Waals surface area contributed by atoms with Crippen LogP contribution < -0.4 is 10.7 Å². The smallest absolute Gasteiger partial charge is 0.224 e. The SMILES string of the molecule is Cc1cnc2c(CC(=O)NCCF)cn(CC3=CNN=CCC3)c2c1. The summed E-state index contributed by atoms with van der Waals surface area (Å²) in [7, 11) is 0. The van der Waals surface area contributed by atoms with Crippen LogP contribution in [0.5, 0.6) is 0 Å². The summed E-state index contributed by atoms with van der Waals surface area (Å²) in [6.07, 6.45) is 9.58. The lowest BCUT2D eigenvalue weighted by Gasteiger charge is -2.08. The fraction of sp³-hybridized carbons (Fsp3) is 0.389. The first-order chi connectivity index (χ1) is 12.2. The van der Waals surface area contributed by atoms with Crippen LogP contribution in [-0.2, 0) is 17.8 Å².